The van der Waals surface area contributed by atoms with Crippen molar-refractivity contribution in [3.05, 3.63) is 37.4 Å². The molecule has 2 rings (SSSR count). The number of nitrogens with zero attached hydrogens (tertiary/aromatic N) is 4. The smallest absolute Gasteiger partial charge is 0.243 e. The molecule has 0 saturated carbocycles. The van der Waals surface area contributed by atoms with E-state index in [9.17, 15) is 25.9 Å². The van der Waals surface area contributed by atoms with Gasteiger partial charge in [0.05, 0.1) is 58.9 Å². The Hall–Kier alpha value is -1.76. The van der Waals surface area contributed by atoms with Gasteiger partial charge in [0.15, 0.2) is 0 Å². The molecule has 0 radical (unpaired) electrons. The zero-order valence-corrected chi connectivity index (χ0v) is 22.6. The zero-order chi connectivity index (χ0) is 26.0. The highest BCUT2D eigenvalue weighted by Crippen LogP contribution is 2.01. The Balaban J connectivity index is 0.000000484. The summed E-state index contributed by atoms with van der Waals surface area (Å²) in [5.41, 5.74) is 0. The maximum absolute atomic E-state index is 9.72. The molecule has 198 valence electrons. The van der Waals surface area contributed by atoms with Crippen LogP contribution in [-0.4, -0.2) is 46.6 Å². The van der Waals surface area contributed by atoms with E-state index in [0.29, 0.717) is 0 Å². The van der Waals surface area contributed by atoms with Crippen LogP contribution in [0.15, 0.2) is 37.4 Å². The Morgan fingerprint density at radius 1 is 0.647 bits per heavy atom. The van der Waals surface area contributed by atoms with E-state index in [1.807, 2.05) is 0 Å². The summed E-state index contributed by atoms with van der Waals surface area (Å²) in [6.45, 7) is 6.83. The minimum atomic E-state index is -4.59. The van der Waals surface area contributed by atoms with E-state index in [0.717, 1.165) is 0 Å². The number of hydrogen-bond donors (Lipinski definition) is 0. The summed E-state index contributed by atoms with van der Waals surface area (Å²) >= 11 is 0. The molecule has 0 atom stereocenters. The number of hydrogen-bond acceptors (Lipinski definition) is 6. The van der Waals surface area contributed by atoms with Crippen molar-refractivity contribution in [2.75, 3.05) is 11.5 Å². The van der Waals surface area contributed by atoms with Gasteiger partial charge >= 0.3 is 0 Å². The van der Waals surface area contributed by atoms with Gasteiger partial charge in [0, 0.05) is 0 Å². The second kappa shape index (κ2) is 17.6. The summed E-state index contributed by atoms with van der Waals surface area (Å²) in [6.07, 6.45) is 23.4. The summed E-state index contributed by atoms with van der Waals surface area (Å²) in [4.78, 5) is 0. The predicted octanol–water partition coefficient (Wildman–Crippen LogP) is 1.86. The normalized spacial score (nSPS) is 11.4. The third-order valence-corrected chi connectivity index (χ3v) is 6.44. The van der Waals surface area contributed by atoms with Crippen LogP contribution in [0.25, 0.3) is 0 Å². The van der Waals surface area contributed by atoms with E-state index in [-0.39, 0.29) is 0 Å². The van der Waals surface area contributed by atoms with Crippen LogP contribution in [0.3, 0.4) is 0 Å². The van der Waals surface area contributed by atoms with E-state index >= 15 is 0 Å². The van der Waals surface area contributed by atoms with Gasteiger partial charge in [-0.25, -0.2) is 35.1 Å². The zero-order valence-electron chi connectivity index (χ0n) is 21.0. The van der Waals surface area contributed by atoms with Gasteiger partial charge < -0.3 is 9.11 Å². The molecule has 2 heterocycles. The number of aryl methyl sites for hydroxylation is 4. The number of aromatic nitrogens is 4. The molecule has 0 aliphatic heterocycles. The lowest BCUT2D eigenvalue weighted by molar-refractivity contribution is -0.671. The topological polar surface area (TPSA) is 132 Å². The molecule has 0 N–H and O–H groups in total. The molecular formula is C22H42N4O6S2. The number of unbranched alkanes of at least 4 members (excludes halogenated alkanes) is 6. The quantitative estimate of drug-likeness (QED) is 0.224. The largest absolute Gasteiger partial charge is 0.748 e. The maximum atomic E-state index is 9.72. The Bertz CT molecular complexity index is 904. The van der Waals surface area contributed by atoms with Gasteiger partial charge in [0.1, 0.15) is 24.8 Å². The molecule has 0 aliphatic rings. The van der Waals surface area contributed by atoms with Gasteiger partial charge in [-0.15, -0.1) is 0 Å². The molecule has 0 spiro atoms. The van der Waals surface area contributed by atoms with Gasteiger partial charge in [0.2, 0.25) is 12.7 Å². The van der Waals surface area contributed by atoms with Crippen molar-refractivity contribution >= 4 is 20.2 Å². The van der Waals surface area contributed by atoms with Crippen LogP contribution in [0.5, 0.6) is 0 Å². The van der Waals surface area contributed by atoms with Crippen molar-refractivity contribution in [2.45, 2.75) is 78.3 Å². The molecule has 2 aromatic rings. The van der Waals surface area contributed by atoms with Gasteiger partial charge in [-0.2, -0.15) is 0 Å². The second-order valence-electron chi connectivity index (χ2n) is 8.28. The van der Waals surface area contributed by atoms with Crippen LogP contribution in [0.4, 0.5) is 0 Å². The SMILES string of the molecule is CCCCCCn1cc[n+](C)c1.CCCCCCn1cc[n+](C)c1.O=S(=O)([O-])CCS(=O)(=O)[O-]. The van der Waals surface area contributed by atoms with Gasteiger partial charge in [-0.1, -0.05) is 39.5 Å². The van der Waals surface area contributed by atoms with E-state index < -0.39 is 31.7 Å². The van der Waals surface area contributed by atoms with Gasteiger partial charge in [-0.3, -0.25) is 0 Å². The van der Waals surface area contributed by atoms with Crippen molar-refractivity contribution in [3.63, 3.8) is 0 Å². The fourth-order valence-electron chi connectivity index (χ4n) is 2.91. The average Bonchev–Trinajstić information content (AvgIpc) is 3.35. The minimum absolute atomic E-state index is 1.15. The predicted molar refractivity (Wildman–Crippen MR) is 129 cm³/mol. The number of imidazole rings is 2. The lowest BCUT2D eigenvalue weighted by atomic mass is 10.2. The third-order valence-electron chi connectivity index (χ3n) is 4.77. The van der Waals surface area contributed by atoms with Crippen LogP contribution in [0.2, 0.25) is 0 Å². The minimum Gasteiger partial charge on any atom is -0.748 e. The van der Waals surface area contributed by atoms with Crippen molar-refractivity contribution in [2.24, 2.45) is 14.1 Å². The average molecular weight is 523 g/mol. The number of rotatable bonds is 13. The first-order valence-electron chi connectivity index (χ1n) is 11.8. The summed E-state index contributed by atoms with van der Waals surface area (Å²) in [5.74, 6) is -2.31. The molecule has 0 amide bonds. The Labute approximate surface area is 205 Å². The Morgan fingerprint density at radius 2 is 1.00 bits per heavy atom. The van der Waals surface area contributed by atoms with Crippen LogP contribution >= 0.6 is 0 Å². The monoisotopic (exact) mass is 522 g/mol. The first-order chi connectivity index (χ1) is 15.9. The van der Waals surface area contributed by atoms with Crippen molar-refractivity contribution < 1.29 is 35.1 Å². The van der Waals surface area contributed by atoms with Crippen LogP contribution in [-0.2, 0) is 47.4 Å². The standard InChI is InChI=1S/2C10H19N2.C2H6O6S2/c2*1-3-4-5-6-7-12-9-8-11(2)10-12;3-9(4,5)1-2-10(6,7)8/h2*8-10H,3-7H2,1-2H3;1-2H2,(H,3,4,5)(H,6,7,8)/q2*+1;/p-2. The fourth-order valence-corrected chi connectivity index (χ4v) is 4.55. The summed E-state index contributed by atoms with van der Waals surface area (Å²) in [6, 6.07) is 0. The highest BCUT2D eigenvalue weighted by molar-refractivity contribution is 7.89. The van der Waals surface area contributed by atoms with Crippen LogP contribution < -0.4 is 9.13 Å². The first kappa shape index (κ1) is 32.2. The third kappa shape index (κ3) is 20.8. The molecule has 0 aromatic carbocycles. The molecule has 0 bridgehead atoms. The van der Waals surface area contributed by atoms with Gasteiger partial charge in [0.25, 0.3) is 0 Å². The van der Waals surface area contributed by atoms with E-state index in [1.165, 1.54) is 64.5 Å². The summed E-state index contributed by atoms with van der Waals surface area (Å²) in [5, 5.41) is 0. The molecule has 2 aromatic heterocycles. The first-order valence-corrected chi connectivity index (χ1v) is 14.9. The Morgan fingerprint density at radius 3 is 1.24 bits per heavy atom. The van der Waals surface area contributed by atoms with E-state index in [2.05, 4.69) is 83.7 Å². The Kier molecular flexibility index (Phi) is 16.7. The van der Waals surface area contributed by atoms with Crippen molar-refractivity contribution in [1.82, 2.24) is 9.13 Å². The molecule has 0 unspecified atom stereocenters. The second-order valence-corrected chi connectivity index (χ2v) is 11.3. The molecule has 10 nitrogen and oxygen atoms in total. The van der Waals surface area contributed by atoms with Gasteiger partial charge in [-0.05, 0) is 25.7 Å². The summed E-state index contributed by atoms with van der Waals surface area (Å²) < 4.78 is 67.0. The van der Waals surface area contributed by atoms with Crippen molar-refractivity contribution in [3.8, 4) is 0 Å². The van der Waals surface area contributed by atoms with Crippen LogP contribution in [0.1, 0.15) is 65.2 Å². The highest BCUT2D eigenvalue weighted by atomic mass is 32.2. The lowest BCUT2D eigenvalue weighted by Crippen LogP contribution is -2.23. The van der Waals surface area contributed by atoms with E-state index in [1.54, 1.807) is 0 Å². The molecule has 0 saturated heterocycles. The highest BCUT2D eigenvalue weighted by Gasteiger charge is 2.00. The fraction of sp³-hybridized carbons (Fsp3) is 0.727. The molecule has 12 heteroatoms. The molecule has 0 aliphatic carbocycles. The molecule has 0 fully saturated rings. The molecular weight excluding hydrogens is 480 g/mol. The van der Waals surface area contributed by atoms with Crippen molar-refractivity contribution in [1.29, 1.82) is 0 Å². The lowest BCUT2D eigenvalue weighted by Gasteiger charge is -2.08. The maximum Gasteiger partial charge on any atom is 0.243 e. The molecule has 34 heavy (non-hydrogen) atoms. The summed E-state index contributed by atoms with van der Waals surface area (Å²) in [7, 11) is -5.06. The van der Waals surface area contributed by atoms with Crippen LogP contribution in [0, 0.1) is 0 Å². The van der Waals surface area contributed by atoms with E-state index in [4.69, 9.17) is 0 Å².